The Morgan fingerprint density at radius 3 is 3.05 bits per heavy atom. The molecule has 0 aromatic heterocycles. The molecule has 4 heteroatoms. The van der Waals surface area contributed by atoms with Crippen LogP contribution in [0.3, 0.4) is 0 Å². The topological polar surface area (TPSA) is 45.0 Å². The summed E-state index contributed by atoms with van der Waals surface area (Å²) in [5.41, 5.74) is 0.0503. The van der Waals surface area contributed by atoms with Crippen LogP contribution in [0.4, 0.5) is 4.39 Å². The molecular weight excluding hydrogens is 255 g/mol. The molecule has 20 heavy (non-hydrogen) atoms. The highest BCUT2D eigenvalue weighted by Gasteiger charge is 2.37. The second-order valence-electron chi connectivity index (χ2n) is 5.45. The molecule has 1 aliphatic carbocycles. The lowest BCUT2D eigenvalue weighted by Gasteiger charge is -2.36. The van der Waals surface area contributed by atoms with Gasteiger partial charge in [0, 0.05) is 6.42 Å². The van der Waals surface area contributed by atoms with Crippen LogP contribution in [0.2, 0.25) is 0 Å². The summed E-state index contributed by atoms with van der Waals surface area (Å²) in [5, 5.41) is 12.7. The molecule has 1 N–H and O–H groups in total. The maximum absolute atomic E-state index is 14.0. The quantitative estimate of drug-likeness (QED) is 0.917. The van der Waals surface area contributed by atoms with Gasteiger partial charge in [0.05, 0.1) is 6.07 Å². The zero-order valence-corrected chi connectivity index (χ0v) is 12.1. The lowest BCUT2D eigenvalue weighted by Crippen LogP contribution is -2.49. The Morgan fingerprint density at radius 2 is 2.35 bits per heavy atom. The molecule has 0 amide bonds. The number of rotatable bonds is 4. The summed E-state index contributed by atoms with van der Waals surface area (Å²) in [4.78, 5) is 0. The van der Waals surface area contributed by atoms with Crippen LogP contribution in [0.5, 0.6) is 5.75 Å². The van der Waals surface area contributed by atoms with Gasteiger partial charge in [0.2, 0.25) is 0 Å². The van der Waals surface area contributed by atoms with E-state index >= 15 is 0 Å². The summed E-state index contributed by atoms with van der Waals surface area (Å²) in [5.74, 6) is -0.00989. The van der Waals surface area contributed by atoms with E-state index in [0.717, 1.165) is 25.8 Å². The first-order valence-corrected chi connectivity index (χ1v) is 7.18. The number of aryl methyl sites for hydroxylation is 1. The van der Waals surface area contributed by atoms with E-state index in [1.54, 1.807) is 25.1 Å². The summed E-state index contributed by atoms with van der Waals surface area (Å²) in [7, 11) is 0. The van der Waals surface area contributed by atoms with Crippen LogP contribution in [0, 0.1) is 24.1 Å². The normalized spacial score (nSPS) is 26.0. The molecule has 2 rings (SSSR count). The van der Waals surface area contributed by atoms with Crippen LogP contribution in [-0.4, -0.2) is 18.2 Å². The van der Waals surface area contributed by atoms with Gasteiger partial charge in [-0.2, -0.15) is 5.26 Å². The van der Waals surface area contributed by atoms with Gasteiger partial charge in [0.1, 0.15) is 11.6 Å². The summed E-state index contributed by atoms with van der Waals surface area (Å²) in [6, 6.07) is 7.54. The fourth-order valence-electron chi connectivity index (χ4n) is 2.86. The van der Waals surface area contributed by atoms with E-state index in [4.69, 9.17) is 4.74 Å². The molecule has 0 heterocycles. The van der Waals surface area contributed by atoms with Crippen molar-refractivity contribution >= 4 is 0 Å². The molecule has 1 saturated carbocycles. The van der Waals surface area contributed by atoms with E-state index in [-0.39, 0.29) is 11.9 Å². The van der Waals surface area contributed by atoms with E-state index in [9.17, 15) is 9.65 Å². The minimum atomic E-state index is -0.530. The van der Waals surface area contributed by atoms with E-state index in [0.29, 0.717) is 17.7 Å². The minimum Gasteiger partial charge on any atom is -0.487 e. The van der Waals surface area contributed by atoms with Gasteiger partial charge in [0.25, 0.3) is 0 Å². The van der Waals surface area contributed by atoms with Crippen molar-refractivity contribution in [3.8, 4) is 11.8 Å². The number of halogens is 1. The van der Waals surface area contributed by atoms with Gasteiger partial charge in [-0.3, -0.25) is 5.32 Å². The zero-order valence-electron chi connectivity index (χ0n) is 12.1. The molecule has 1 aromatic carbocycles. The summed E-state index contributed by atoms with van der Waals surface area (Å²) in [6.45, 7) is 4.46. The number of hydrogen-bond donors (Lipinski definition) is 1. The van der Waals surface area contributed by atoms with E-state index in [2.05, 4.69) is 11.4 Å². The Balaban J connectivity index is 2.10. The van der Waals surface area contributed by atoms with Gasteiger partial charge < -0.3 is 4.74 Å². The molecule has 0 saturated heterocycles. The van der Waals surface area contributed by atoms with Crippen molar-refractivity contribution in [2.75, 3.05) is 6.54 Å². The molecule has 3 nitrogen and oxygen atoms in total. The van der Waals surface area contributed by atoms with Crippen molar-refractivity contribution in [1.29, 1.82) is 5.26 Å². The van der Waals surface area contributed by atoms with Crippen LogP contribution in [0.1, 0.15) is 38.2 Å². The Labute approximate surface area is 119 Å². The van der Waals surface area contributed by atoms with Crippen molar-refractivity contribution in [2.45, 2.75) is 51.2 Å². The highest BCUT2D eigenvalue weighted by atomic mass is 19.1. The number of nitrogens with one attached hydrogen (secondary N) is 1. The van der Waals surface area contributed by atoms with Gasteiger partial charge in [-0.05, 0) is 44.4 Å². The number of nitrogens with zero attached hydrogens (tertiary/aromatic N) is 1. The first-order chi connectivity index (χ1) is 9.60. The maximum atomic E-state index is 14.0. The zero-order chi connectivity index (χ0) is 14.6. The van der Waals surface area contributed by atoms with Crippen LogP contribution in [0.15, 0.2) is 18.2 Å². The Bertz CT molecular complexity index is 508. The molecule has 108 valence electrons. The fourth-order valence-corrected chi connectivity index (χ4v) is 2.86. The van der Waals surface area contributed by atoms with Crippen LogP contribution in [-0.2, 0) is 0 Å². The minimum absolute atomic E-state index is 0.112. The lowest BCUT2D eigenvalue weighted by molar-refractivity contribution is 0.109. The van der Waals surface area contributed by atoms with E-state index < -0.39 is 5.54 Å². The Kier molecular flexibility index (Phi) is 4.61. The number of benzene rings is 1. The van der Waals surface area contributed by atoms with E-state index in [1.165, 1.54) is 0 Å². The molecule has 1 aromatic rings. The number of ether oxygens (including phenoxy) is 1. The van der Waals surface area contributed by atoms with Crippen molar-refractivity contribution in [1.82, 2.24) is 5.32 Å². The third-order valence-electron chi connectivity index (χ3n) is 3.88. The van der Waals surface area contributed by atoms with Gasteiger partial charge in [-0.15, -0.1) is 0 Å². The van der Waals surface area contributed by atoms with Crippen molar-refractivity contribution in [3.05, 3.63) is 29.6 Å². The van der Waals surface area contributed by atoms with E-state index in [1.807, 2.05) is 6.92 Å². The van der Waals surface area contributed by atoms with Crippen LogP contribution < -0.4 is 10.1 Å². The van der Waals surface area contributed by atoms with Crippen molar-refractivity contribution in [2.24, 2.45) is 0 Å². The second kappa shape index (κ2) is 6.23. The van der Waals surface area contributed by atoms with Gasteiger partial charge in [-0.1, -0.05) is 19.1 Å². The molecule has 1 fully saturated rings. The second-order valence-corrected chi connectivity index (χ2v) is 5.45. The molecule has 2 unspecified atom stereocenters. The van der Waals surface area contributed by atoms with Crippen molar-refractivity contribution < 1.29 is 9.13 Å². The summed E-state index contributed by atoms with van der Waals surface area (Å²) in [6.07, 6.45) is 3.10. The third-order valence-corrected chi connectivity index (χ3v) is 3.88. The number of hydrogen-bond acceptors (Lipinski definition) is 3. The average molecular weight is 276 g/mol. The van der Waals surface area contributed by atoms with Crippen LogP contribution >= 0.6 is 0 Å². The molecule has 0 aliphatic heterocycles. The standard InChI is InChI=1S/C16H21FN2O/c1-3-19-16(11-18)9-5-7-13(10-16)20-14-8-4-6-12(2)15(14)17/h4,6,8,13,19H,3,5,7,9-10H2,1-2H3. The SMILES string of the molecule is CCNC1(C#N)CCCC(Oc2cccc(C)c2F)C1. The molecule has 2 atom stereocenters. The first-order valence-electron chi connectivity index (χ1n) is 7.18. The average Bonchev–Trinajstić information content (AvgIpc) is 2.45. The van der Waals surface area contributed by atoms with Crippen LogP contribution in [0.25, 0.3) is 0 Å². The van der Waals surface area contributed by atoms with Crippen molar-refractivity contribution in [3.63, 3.8) is 0 Å². The molecule has 0 spiro atoms. The van der Waals surface area contributed by atoms with Gasteiger partial charge >= 0.3 is 0 Å². The number of nitriles is 1. The largest absolute Gasteiger partial charge is 0.487 e. The molecule has 1 aliphatic rings. The van der Waals surface area contributed by atoms with Gasteiger partial charge in [-0.25, -0.2) is 4.39 Å². The van der Waals surface area contributed by atoms with Gasteiger partial charge in [0.15, 0.2) is 11.6 Å². The predicted molar refractivity (Wildman–Crippen MR) is 76.0 cm³/mol. The first kappa shape index (κ1) is 14.8. The fraction of sp³-hybridized carbons (Fsp3) is 0.562. The maximum Gasteiger partial charge on any atom is 0.167 e. The Morgan fingerprint density at radius 1 is 1.55 bits per heavy atom. The monoisotopic (exact) mass is 276 g/mol. The third kappa shape index (κ3) is 3.10. The molecule has 0 bridgehead atoms. The smallest absolute Gasteiger partial charge is 0.167 e. The molecular formula is C16H21FN2O. The highest BCUT2D eigenvalue weighted by molar-refractivity contribution is 5.30. The molecule has 0 radical (unpaired) electrons. The predicted octanol–water partition coefficient (Wildman–Crippen LogP) is 3.33. The lowest BCUT2D eigenvalue weighted by atomic mass is 9.81. The summed E-state index contributed by atoms with van der Waals surface area (Å²) < 4.78 is 19.8. The summed E-state index contributed by atoms with van der Waals surface area (Å²) >= 11 is 0. The Hall–Kier alpha value is -1.60. The highest BCUT2D eigenvalue weighted by Crippen LogP contribution is 2.32.